The highest BCUT2D eigenvalue weighted by Crippen LogP contribution is 2.18. The summed E-state index contributed by atoms with van der Waals surface area (Å²) in [7, 11) is 0. The lowest BCUT2D eigenvalue weighted by atomic mass is 10.2. The Morgan fingerprint density at radius 2 is 2.00 bits per heavy atom. The highest BCUT2D eigenvalue weighted by Gasteiger charge is 2.20. The SMILES string of the molecule is CC(C)(C)OCc1nnc(CCNC2CC2)o1. The Morgan fingerprint density at radius 1 is 1.29 bits per heavy atom. The first-order chi connectivity index (χ1) is 8.03. The molecule has 0 spiro atoms. The first-order valence-electron chi connectivity index (χ1n) is 6.21. The third kappa shape index (κ3) is 4.83. The van der Waals surface area contributed by atoms with Crippen LogP contribution in [-0.2, 0) is 17.8 Å². The Labute approximate surface area is 102 Å². The predicted molar refractivity (Wildman–Crippen MR) is 63.6 cm³/mol. The van der Waals surface area contributed by atoms with Crippen LogP contribution in [0, 0.1) is 0 Å². The van der Waals surface area contributed by atoms with Gasteiger partial charge in [0.25, 0.3) is 0 Å². The van der Waals surface area contributed by atoms with Gasteiger partial charge in [0.1, 0.15) is 6.61 Å². The van der Waals surface area contributed by atoms with Crippen molar-refractivity contribution in [3.05, 3.63) is 11.8 Å². The maximum absolute atomic E-state index is 5.57. The lowest BCUT2D eigenvalue weighted by Crippen LogP contribution is -2.19. The molecule has 0 bridgehead atoms. The topological polar surface area (TPSA) is 60.2 Å². The number of ether oxygens (including phenoxy) is 1. The molecule has 1 saturated carbocycles. The average molecular weight is 239 g/mol. The molecule has 0 saturated heterocycles. The summed E-state index contributed by atoms with van der Waals surface area (Å²) in [6.45, 7) is 7.30. The Balaban J connectivity index is 1.70. The van der Waals surface area contributed by atoms with Crippen molar-refractivity contribution in [1.82, 2.24) is 15.5 Å². The molecule has 5 nitrogen and oxygen atoms in total. The quantitative estimate of drug-likeness (QED) is 0.818. The lowest BCUT2D eigenvalue weighted by Gasteiger charge is -2.17. The summed E-state index contributed by atoms with van der Waals surface area (Å²) >= 11 is 0. The maximum atomic E-state index is 5.57. The van der Waals surface area contributed by atoms with Crippen molar-refractivity contribution >= 4 is 0 Å². The Kier molecular flexibility index (Phi) is 3.79. The molecule has 0 atom stereocenters. The second-order valence-electron chi connectivity index (χ2n) is 5.47. The summed E-state index contributed by atoms with van der Waals surface area (Å²) in [5, 5.41) is 11.4. The molecule has 0 aliphatic heterocycles. The Bertz CT molecular complexity index is 353. The molecule has 2 rings (SSSR count). The molecule has 0 amide bonds. The highest BCUT2D eigenvalue weighted by atomic mass is 16.5. The van der Waals surface area contributed by atoms with Gasteiger partial charge in [-0.2, -0.15) is 0 Å². The molecule has 1 aliphatic carbocycles. The van der Waals surface area contributed by atoms with E-state index in [0.717, 1.165) is 19.0 Å². The molecular weight excluding hydrogens is 218 g/mol. The minimum absolute atomic E-state index is 0.178. The van der Waals surface area contributed by atoms with Crippen LogP contribution in [0.5, 0.6) is 0 Å². The van der Waals surface area contributed by atoms with Gasteiger partial charge >= 0.3 is 0 Å². The van der Waals surface area contributed by atoms with E-state index in [4.69, 9.17) is 9.15 Å². The second kappa shape index (κ2) is 5.14. The van der Waals surface area contributed by atoms with Gasteiger partial charge in [0, 0.05) is 19.0 Å². The fourth-order valence-corrected chi connectivity index (χ4v) is 1.40. The minimum Gasteiger partial charge on any atom is -0.423 e. The first-order valence-corrected chi connectivity index (χ1v) is 6.21. The number of nitrogens with one attached hydrogen (secondary N) is 1. The molecule has 1 heterocycles. The molecule has 1 fully saturated rings. The summed E-state index contributed by atoms with van der Waals surface area (Å²) in [5.74, 6) is 1.24. The summed E-state index contributed by atoms with van der Waals surface area (Å²) in [6.07, 6.45) is 3.39. The number of nitrogens with zero attached hydrogens (tertiary/aromatic N) is 2. The van der Waals surface area contributed by atoms with E-state index < -0.39 is 0 Å². The smallest absolute Gasteiger partial charge is 0.242 e. The van der Waals surface area contributed by atoms with Crippen molar-refractivity contribution < 1.29 is 9.15 Å². The third-order valence-corrected chi connectivity index (χ3v) is 2.49. The van der Waals surface area contributed by atoms with Gasteiger partial charge in [-0.15, -0.1) is 10.2 Å². The molecule has 0 radical (unpaired) electrons. The van der Waals surface area contributed by atoms with Crippen molar-refractivity contribution in [3.63, 3.8) is 0 Å². The van der Waals surface area contributed by atoms with Gasteiger partial charge in [-0.05, 0) is 33.6 Å². The first kappa shape index (κ1) is 12.5. The fraction of sp³-hybridized carbons (Fsp3) is 0.833. The van der Waals surface area contributed by atoms with Gasteiger partial charge in [0.15, 0.2) is 0 Å². The van der Waals surface area contributed by atoms with E-state index in [1.165, 1.54) is 12.8 Å². The van der Waals surface area contributed by atoms with Crippen molar-refractivity contribution in [2.75, 3.05) is 6.54 Å². The summed E-state index contributed by atoms with van der Waals surface area (Å²) in [6, 6.07) is 0.724. The number of hydrogen-bond acceptors (Lipinski definition) is 5. The van der Waals surface area contributed by atoms with Gasteiger partial charge in [-0.3, -0.25) is 0 Å². The van der Waals surface area contributed by atoms with E-state index in [9.17, 15) is 0 Å². The monoisotopic (exact) mass is 239 g/mol. The summed E-state index contributed by atoms with van der Waals surface area (Å²) in [5.41, 5.74) is -0.178. The van der Waals surface area contributed by atoms with Gasteiger partial charge < -0.3 is 14.5 Å². The molecule has 96 valence electrons. The van der Waals surface area contributed by atoms with Crippen LogP contribution in [0.3, 0.4) is 0 Å². The van der Waals surface area contributed by atoms with Crippen molar-refractivity contribution in [2.45, 2.75) is 58.3 Å². The van der Waals surface area contributed by atoms with E-state index in [1.807, 2.05) is 20.8 Å². The highest BCUT2D eigenvalue weighted by molar-refractivity contribution is 4.85. The van der Waals surface area contributed by atoms with Crippen LogP contribution in [0.2, 0.25) is 0 Å². The normalized spacial score (nSPS) is 16.4. The van der Waals surface area contributed by atoms with Crippen LogP contribution in [0.1, 0.15) is 45.4 Å². The van der Waals surface area contributed by atoms with Crippen LogP contribution in [0.4, 0.5) is 0 Å². The Morgan fingerprint density at radius 3 is 2.65 bits per heavy atom. The van der Waals surface area contributed by atoms with Crippen molar-refractivity contribution in [1.29, 1.82) is 0 Å². The fourth-order valence-electron chi connectivity index (χ4n) is 1.40. The van der Waals surface area contributed by atoms with Gasteiger partial charge in [-0.1, -0.05) is 0 Å². The molecule has 17 heavy (non-hydrogen) atoms. The van der Waals surface area contributed by atoms with Crippen molar-refractivity contribution in [3.8, 4) is 0 Å². The van der Waals surface area contributed by atoms with Gasteiger partial charge in [0.2, 0.25) is 11.8 Å². The van der Waals surface area contributed by atoms with E-state index >= 15 is 0 Å². The van der Waals surface area contributed by atoms with E-state index in [-0.39, 0.29) is 5.60 Å². The lowest BCUT2D eigenvalue weighted by molar-refractivity contribution is -0.0247. The van der Waals surface area contributed by atoms with E-state index in [0.29, 0.717) is 18.4 Å². The third-order valence-electron chi connectivity index (χ3n) is 2.49. The molecular formula is C12H21N3O2. The number of hydrogen-bond donors (Lipinski definition) is 1. The van der Waals surface area contributed by atoms with Gasteiger partial charge in [0.05, 0.1) is 5.60 Å². The van der Waals surface area contributed by atoms with Gasteiger partial charge in [-0.25, -0.2) is 0 Å². The van der Waals surface area contributed by atoms with Crippen LogP contribution in [0.15, 0.2) is 4.42 Å². The van der Waals surface area contributed by atoms with E-state index in [1.54, 1.807) is 0 Å². The standard InChI is InChI=1S/C12H21N3O2/c1-12(2,3)16-8-11-15-14-10(17-11)6-7-13-9-4-5-9/h9,13H,4-8H2,1-3H3. The maximum Gasteiger partial charge on any atom is 0.242 e. The molecule has 1 aliphatic rings. The Hall–Kier alpha value is -0.940. The molecule has 0 aromatic carbocycles. The summed E-state index contributed by atoms with van der Waals surface area (Å²) < 4.78 is 11.1. The molecule has 1 aromatic rings. The number of rotatable bonds is 6. The largest absolute Gasteiger partial charge is 0.423 e. The molecule has 5 heteroatoms. The second-order valence-corrected chi connectivity index (χ2v) is 5.47. The minimum atomic E-state index is -0.178. The molecule has 1 aromatic heterocycles. The van der Waals surface area contributed by atoms with Crippen LogP contribution in [-0.4, -0.2) is 28.4 Å². The van der Waals surface area contributed by atoms with Crippen molar-refractivity contribution in [2.24, 2.45) is 0 Å². The average Bonchev–Trinajstić information content (AvgIpc) is 2.93. The molecule has 0 unspecified atom stereocenters. The van der Waals surface area contributed by atoms with Crippen LogP contribution >= 0.6 is 0 Å². The zero-order valence-electron chi connectivity index (χ0n) is 10.8. The number of aromatic nitrogens is 2. The molecule has 1 N–H and O–H groups in total. The van der Waals surface area contributed by atoms with E-state index in [2.05, 4.69) is 15.5 Å². The zero-order chi connectivity index (χ0) is 12.3. The van der Waals surface area contributed by atoms with Crippen LogP contribution in [0.25, 0.3) is 0 Å². The van der Waals surface area contributed by atoms with Crippen LogP contribution < -0.4 is 5.32 Å². The summed E-state index contributed by atoms with van der Waals surface area (Å²) in [4.78, 5) is 0. The predicted octanol–water partition coefficient (Wildman–Crippen LogP) is 1.68. The zero-order valence-corrected chi connectivity index (χ0v) is 10.8.